The highest BCUT2D eigenvalue weighted by Crippen LogP contribution is 2.28. The lowest BCUT2D eigenvalue weighted by molar-refractivity contribution is -0.131. The fourth-order valence-corrected chi connectivity index (χ4v) is 3.22. The first-order valence-corrected chi connectivity index (χ1v) is 7.41. The number of aryl methyl sites for hydroxylation is 2. The minimum absolute atomic E-state index is 0.672. The summed E-state index contributed by atoms with van der Waals surface area (Å²) in [5.74, 6) is 0.680. The molecule has 0 fully saturated rings. The molecule has 0 amide bonds. The summed E-state index contributed by atoms with van der Waals surface area (Å²) >= 11 is 3.10. The minimum atomic E-state index is -0.935. The lowest BCUT2D eigenvalue weighted by atomic mass is 10.4. The first-order valence-electron chi connectivity index (χ1n) is 5.61. The van der Waals surface area contributed by atoms with Gasteiger partial charge in [-0.15, -0.1) is 11.3 Å². The fourth-order valence-electron chi connectivity index (χ4n) is 1.35. The third-order valence-electron chi connectivity index (χ3n) is 2.42. The fraction of sp³-hybridized carbons (Fsp3) is 0.231. The Balaban J connectivity index is 1.95. The Morgan fingerprint density at radius 1 is 1.53 bits per heavy atom. The highest BCUT2D eigenvalue weighted by Gasteiger charge is 2.07. The van der Waals surface area contributed by atoms with Crippen molar-refractivity contribution in [2.45, 2.75) is 24.8 Å². The maximum atomic E-state index is 10.4. The van der Waals surface area contributed by atoms with Gasteiger partial charge in [0, 0.05) is 21.6 Å². The number of hydrogen-bond donors (Lipinski definition) is 1. The Hall–Kier alpha value is -1.53. The molecule has 0 aliphatic heterocycles. The zero-order valence-electron chi connectivity index (χ0n) is 10.5. The maximum Gasteiger partial charge on any atom is 0.328 e. The number of carboxylic acids is 1. The summed E-state index contributed by atoms with van der Waals surface area (Å²) in [6.07, 6.45) is 2.74. The molecular formula is C13H13NO3S2. The first kappa shape index (κ1) is 13.9. The van der Waals surface area contributed by atoms with Gasteiger partial charge in [-0.25, -0.2) is 9.78 Å². The molecule has 0 aliphatic carbocycles. The summed E-state index contributed by atoms with van der Waals surface area (Å²) in [5.41, 5.74) is 0.916. The summed E-state index contributed by atoms with van der Waals surface area (Å²) < 4.78 is 5.49. The van der Waals surface area contributed by atoms with E-state index in [1.807, 2.05) is 26.0 Å². The quantitative estimate of drug-likeness (QED) is 0.672. The molecule has 100 valence electrons. The van der Waals surface area contributed by atoms with Gasteiger partial charge in [-0.1, -0.05) is 11.8 Å². The highest BCUT2D eigenvalue weighted by atomic mass is 32.2. The average Bonchev–Trinajstić information content (AvgIpc) is 2.92. The van der Waals surface area contributed by atoms with Crippen LogP contribution in [-0.4, -0.2) is 16.1 Å². The van der Waals surface area contributed by atoms with E-state index in [2.05, 4.69) is 4.98 Å². The van der Waals surface area contributed by atoms with Gasteiger partial charge in [0.15, 0.2) is 0 Å². The normalized spacial score (nSPS) is 11.3. The Morgan fingerprint density at radius 3 is 2.95 bits per heavy atom. The summed E-state index contributed by atoms with van der Waals surface area (Å²) in [6.45, 7) is 3.81. The van der Waals surface area contributed by atoms with Gasteiger partial charge >= 0.3 is 5.97 Å². The zero-order chi connectivity index (χ0) is 13.8. The number of hydrogen-bond acceptors (Lipinski definition) is 5. The van der Waals surface area contributed by atoms with E-state index in [1.54, 1.807) is 17.4 Å². The van der Waals surface area contributed by atoms with Crippen LogP contribution in [0.15, 0.2) is 27.8 Å². The van der Waals surface area contributed by atoms with Crippen molar-refractivity contribution in [1.29, 1.82) is 0 Å². The molecule has 0 atom stereocenters. The topological polar surface area (TPSA) is 63.3 Å². The minimum Gasteiger partial charge on any atom is -0.478 e. The summed E-state index contributed by atoms with van der Waals surface area (Å²) in [6, 6.07) is 3.90. The zero-order valence-corrected chi connectivity index (χ0v) is 12.2. The van der Waals surface area contributed by atoms with E-state index in [0.717, 1.165) is 33.0 Å². The molecule has 19 heavy (non-hydrogen) atoms. The molecule has 0 radical (unpaired) electrons. The van der Waals surface area contributed by atoms with E-state index >= 15 is 0 Å². The molecule has 2 rings (SSSR count). The predicted octanol–water partition coefficient (Wildman–Crippen LogP) is 3.74. The number of carboxylic acid groups (broad SMARTS) is 1. The van der Waals surface area contributed by atoms with Crippen LogP contribution in [0.4, 0.5) is 0 Å². The number of thiophene rings is 1. The van der Waals surface area contributed by atoms with Crippen molar-refractivity contribution < 1.29 is 14.3 Å². The molecule has 4 nitrogen and oxygen atoms in total. The smallest absolute Gasteiger partial charge is 0.328 e. The van der Waals surface area contributed by atoms with Crippen molar-refractivity contribution >= 4 is 35.1 Å². The summed E-state index contributed by atoms with van der Waals surface area (Å²) in [4.78, 5) is 16.8. The molecular weight excluding hydrogens is 282 g/mol. The van der Waals surface area contributed by atoms with Crippen LogP contribution in [0.3, 0.4) is 0 Å². The van der Waals surface area contributed by atoms with Crippen LogP contribution >= 0.6 is 23.1 Å². The van der Waals surface area contributed by atoms with E-state index in [0.29, 0.717) is 5.22 Å². The van der Waals surface area contributed by atoms with Crippen molar-refractivity contribution in [2.24, 2.45) is 0 Å². The van der Waals surface area contributed by atoms with Gasteiger partial charge in [0.05, 0.1) is 5.69 Å². The highest BCUT2D eigenvalue weighted by molar-refractivity contribution is 7.98. The van der Waals surface area contributed by atoms with Crippen molar-refractivity contribution in [3.05, 3.63) is 39.4 Å². The Kier molecular flexibility index (Phi) is 4.44. The van der Waals surface area contributed by atoms with Crippen molar-refractivity contribution in [3.8, 4) is 0 Å². The molecule has 0 saturated heterocycles. The predicted molar refractivity (Wildman–Crippen MR) is 76.5 cm³/mol. The van der Waals surface area contributed by atoms with Crippen LogP contribution in [0.25, 0.3) is 6.08 Å². The van der Waals surface area contributed by atoms with Crippen molar-refractivity contribution in [2.75, 3.05) is 0 Å². The van der Waals surface area contributed by atoms with Gasteiger partial charge < -0.3 is 9.52 Å². The number of oxazole rings is 1. The van der Waals surface area contributed by atoms with Crippen LogP contribution in [0.1, 0.15) is 21.2 Å². The number of rotatable bonds is 5. The van der Waals surface area contributed by atoms with Crippen LogP contribution < -0.4 is 0 Å². The van der Waals surface area contributed by atoms with E-state index in [4.69, 9.17) is 9.52 Å². The van der Waals surface area contributed by atoms with Gasteiger partial charge in [0.25, 0.3) is 5.22 Å². The maximum absolute atomic E-state index is 10.4. The van der Waals surface area contributed by atoms with E-state index in [-0.39, 0.29) is 0 Å². The molecule has 0 bridgehead atoms. The Labute approximate surface area is 119 Å². The molecule has 0 aromatic carbocycles. The molecule has 0 unspecified atom stereocenters. The second-order valence-electron chi connectivity index (χ2n) is 3.89. The molecule has 0 saturated carbocycles. The summed E-state index contributed by atoms with van der Waals surface area (Å²) in [7, 11) is 0. The molecule has 2 aromatic rings. The third-order valence-corrected chi connectivity index (χ3v) is 4.53. The Morgan fingerprint density at radius 2 is 2.32 bits per heavy atom. The van der Waals surface area contributed by atoms with E-state index < -0.39 is 5.97 Å². The van der Waals surface area contributed by atoms with Crippen LogP contribution in [0.5, 0.6) is 0 Å². The molecule has 1 N–H and O–H groups in total. The van der Waals surface area contributed by atoms with Crippen LogP contribution in [0, 0.1) is 13.8 Å². The number of nitrogens with zero attached hydrogens (tertiary/aromatic N) is 1. The third kappa shape index (κ3) is 3.97. The second-order valence-corrected chi connectivity index (χ2v) is 6.01. The summed E-state index contributed by atoms with van der Waals surface area (Å²) in [5, 5.41) is 9.23. The molecule has 0 spiro atoms. The lowest BCUT2D eigenvalue weighted by Crippen LogP contribution is -1.84. The number of aromatic nitrogens is 1. The van der Waals surface area contributed by atoms with Crippen molar-refractivity contribution in [3.63, 3.8) is 0 Å². The molecule has 0 aliphatic rings. The number of carbonyl (C=O) groups is 1. The largest absolute Gasteiger partial charge is 0.478 e. The molecule has 2 aromatic heterocycles. The number of aliphatic carboxylic acids is 1. The first-order chi connectivity index (χ1) is 9.04. The van der Waals surface area contributed by atoms with E-state index in [1.165, 1.54) is 11.8 Å². The van der Waals surface area contributed by atoms with Gasteiger partial charge in [-0.3, -0.25) is 0 Å². The second kappa shape index (κ2) is 6.08. The Bertz CT molecular complexity index is 594. The van der Waals surface area contributed by atoms with Crippen LogP contribution in [0.2, 0.25) is 0 Å². The lowest BCUT2D eigenvalue weighted by Gasteiger charge is -1.92. The monoisotopic (exact) mass is 295 g/mol. The SMILES string of the molecule is Cc1nc(SCc2ccc(/C=C/C(=O)O)s2)oc1C. The van der Waals surface area contributed by atoms with Gasteiger partial charge in [0.2, 0.25) is 0 Å². The van der Waals surface area contributed by atoms with Crippen LogP contribution in [-0.2, 0) is 10.5 Å². The molecule has 2 heterocycles. The van der Waals surface area contributed by atoms with Gasteiger partial charge in [-0.05, 0) is 32.1 Å². The van der Waals surface area contributed by atoms with E-state index in [9.17, 15) is 4.79 Å². The van der Waals surface area contributed by atoms with Crippen molar-refractivity contribution in [1.82, 2.24) is 4.98 Å². The standard InChI is InChI=1S/C13H13NO3S2/c1-8-9(2)17-13(14-8)18-7-11-4-3-10(19-11)5-6-12(15)16/h3-6H,7H2,1-2H3,(H,15,16)/b6-5+. The van der Waals surface area contributed by atoms with Gasteiger partial charge in [0.1, 0.15) is 5.76 Å². The number of thioether (sulfide) groups is 1. The molecule has 6 heteroatoms. The van der Waals surface area contributed by atoms with Gasteiger partial charge in [-0.2, -0.15) is 0 Å². The average molecular weight is 295 g/mol.